The van der Waals surface area contributed by atoms with Gasteiger partial charge in [-0.05, 0) is 83.1 Å². The molecule has 0 bridgehead atoms. The van der Waals surface area contributed by atoms with Crippen LogP contribution in [0.25, 0.3) is 0 Å². The van der Waals surface area contributed by atoms with Gasteiger partial charge in [0.2, 0.25) is 0 Å². The van der Waals surface area contributed by atoms with Crippen LogP contribution in [0.3, 0.4) is 0 Å². The molecule has 0 unspecified atom stereocenters. The molecule has 2 heterocycles. The third kappa shape index (κ3) is 3.84. The Balaban J connectivity index is 1.19. The zero-order chi connectivity index (χ0) is 16.4. The summed E-state index contributed by atoms with van der Waals surface area (Å²) in [6.07, 6.45) is 8.61. The van der Waals surface area contributed by atoms with Crippen molar-refractivity contribution < 1.29 is 4.74 Å². The molecular weight excluding hydrogens is 296 g/mol. The lowest BCUT2D eigenvalue weighted by Gasteiger charge is -2.46. The lowest BCUT2D eigenvalue weighted by molar-refractivity contribution is -0.0981. The van der Waals surface area contributed by atoms with E-state index in [2.05, 4.69) is 41.4 Å². The van der Waals surface area contributed by atoms with Crippen LogP contribution in [0.4, 0.5) is 0 Å². The molecule has 2 aliphatic heterocycles. The molecule has 4 rings (SSSR count). The van der Waals surface area contributed by atoms with Crippen LogP contribution in [-0.4, -0.2) is 49.3 Å². The van der Waals surface area contributed by atoms with E-state index in [9.17, 15) is 0 Å². The molecule has 3 nitrogen and oxygen atoms in total. The van der Waals surface area contributed by atoms with Crippen LogP contribution in [0.1, 0.15) is 55.6 Å². The number of aryl methyl sites for hydroxylation is 1. The first-order chi connectivity index (χ1) is 11.8. The van der Waals surface area contributed by atoms with E-state index in [4.69, 9.17) is 4.74 Å². The van der Waals surface area contributed by atoms with E-state index in [1.54, 1.807) is 5.56 Å². The molecule has 1 aliphatic carbocycles. The average molecular weight is 329 g/mol. The van der Waals surface area contributed by atoms with Gasteiger partial charge in [0, 0.05) is 6.04 Å². The first-order valence-corrected chi connectivity index (χ1v) is 9.95. The maximum atomic E-state index is 6.28. The van der Waals surface area contributed by atoms with Crippen LogP contribution in [0.15, 0.2) is 24.3 Å². The summed E-state index contributed by atoms with van der Waals surface area (Å²) in [4.78, 5) is 2.73. The van der Waals surface area contributed by atoms with E-state index >= 15 is 0 Å². The van der Waals surface area contributed by atoms with Gasteiger partial charge in [-0.1, -0.05) is 29.8 Å². The van der Waals surface area contributed by atoms with Crippen molar-refractivity contribution in [3.05, 3.63) is 35.4 Å². The Kier molecular flexibility index (Phi) is 5.21. The van der Waals surface area contributed by atoms with Crippen LogP contribution in [0.5, 0.6) is 0 Å². The number of rotatable bonds is 4. The van der Waals surface area contributed by atoms with Gasteiger partial charge in [-0.25, -0.2) is 0 Å². The summed E-state index contributed by atoms with van der Waals surface area (Å²) in [5.74, 6) is 0.767. The fourth-order valence-electron chi connectivity index (χ4n) is 4.59. The maximum Gasteiger partial charge on any atom is 0.0608 e. The molecule has 132 valence electrons. The fourth-order valence-corrected chi connectivity index (χ4v) is 4.59. The van der Waals surface area contributed by atoms with Crippen LogP contribution in [0, 0.1) is 6.92 Å². The molecule has 0 spiro atoms. The number of piperidine rings is 2. The number of hydrogen-bond acceptors (Lipinski definition) is 3. The van der Waals surface area contributed by atoms with Crippen LogP contribution in [0.2, 0.25) is 0 Å². The van der Waals surface area contributed by atoms with Crippen LogP contribution >= 0.6 is 0 Å². The highest BCUT2D eigenvalue weighted by atomic mass is 16.5. The van der Waals surface area contributed by atoms with Crippen LogP contribution in [-0.2, 0) is 4.74 Å². The fraction of sp³-hybridized carbons (Fsp3) is 0.714. The molecule has 0 atom stereocenters. The quantitative estimate of drug-likeness (QED) is 0.916. The summed E-state index contributed by atoms with van der Waals surface area (Å²) in [5, 5.41) is 3.42. The Morgan fingerprint density at radius 2 is 1.58 bits per heavy atom. The Morgan fingerprint density at radius 1 is 0.917 bits per heavy atom. The van der Waals surface area contributed by atoms with Gasteiger partial charge < -0.3 is 15.0 Å². The topological polar surface area (TPSA) is 24.5 Å². The lowest BCUT2D eigenvalue weighted by atomic mass is 9.83. The summed E-state index contributed by atoms with van der Waals surface area (Å²) >= 11 is 0. The summed E-state index contributed by atoms with van der Waals surface area (Å²) < 4.78 is 6.28. The first kappa shape index (κ1) is 16.6. The molecule has 1 aromatic carbocycles. The van der Waals surface area contributed by atoms with Gasteiger partial charge in [-0.2, -0.15) is 0 Å². The Labute approximate surface area is 146 Å². The minimum absolute atomic E-state index is 0.518. The monoisotopic (exact) mass is 328 g/mol. The lowest BCUT2D eigenvalue weighted by Crippen LogP contribution is -2.51. The number of benzene rings is 1. The summed E-state index contributed by atoms with van der Waals surface area (Å²) in [5.41, 5.74) is 2.91. The Hall–Kier alpha value is -0.900. The van der Waals surface area contributed by atoms with Crippen molar-refractivity contribution in [2.24, 2.45) is 0 Å². The second-order valence-corrected chi connectivity index (χ2v) is 8.05. The van der Waals surface area contributed by atoms with Crippen molar-refractivity contribution in [1.82, 2.24) is 10.2 Å². The summed E-state index contributed by atoms with van der Waals surface area (Å²) in [6.45, 7) is 6.97. The van der Waals surface area contributed by atoms with Crippen LogP contribution < -0.4 is 5.32 Å². The highest BCUT2D eigenvalue weighted by Crippen LogP contribution is 2.35. The average Bonchev–Trinajstić information content (AvgIpc) is 2.60. The molecule has 0 radical (unpaired) electrons. The van der Waals surface area contributed by atoms with Gasteiger partial charge in [0.05, 0.1) is 12.2 Å². The SMILES string of the molecule is Cc1ccc(C2CCN(C3CC(OC4CCNCC4)C3)CC2)cc1. The highest BCUT2D eigenvalue weighted by Gasteiger charge is 2.37. The zero-order valence-corrected chi connectivity index (χ0v) is 15.0. The van der Waals surface area contributed by atoms with Crippen molar-refractivity contribution in [2.45, 2.75) is 69.6 Å². The van der Waals surface area contributed by atoms with Gasteiger partial charge in [-0.15, -0.1) is 0 Å². The summed E-state index contributed by atoms with van der Waals surface area (Å²) in [7, 11) is 0. The molecule has 1 aromatic rings. The van der Waals surface area contributed by atoms with Gasteiger partial charge in [-0.3, -0.25) is 0 Å². The highest BCUT2D eigenvalue weighted by molar-refractivity contribution is 5.25. The van der Waals surface area contributed by atoms with Crippen molar-refractivity contribution >= 4 is 0 Å². The molecule has 1 N–H and O–H groups in total. The van der Waals surface area contributed by atoms with Gasteiger partial charge in [0.1, 0.15) is 0 Å². The predicted octanol–water partition coefficient (Wildman–Crippen LogP) is 3.47. The van der Waals surface area contributed by atoms with E-state index in [0.717, 1.165) is 25.0 Å². The molecule has 0 amide bonds. The summed E-state index contributed by atoms with van der Waals surface area (Å²) in [6, 6.07) is 9.98. The number of likely N-dealkylation sites (tertiary alicyclic amines) is 1. The normalized spacial score (nSPS) is 30.2. The van der Waals surface area contributed by atoms with E-state index in [0.29, 0.717) is 12.2 Å². The van der Waals surface area contributed by atoms with Gasteiger partial charge >= 0.3 is 0 Å². The second kappa shape index (κ2) is 7.55. The van der Waals surface area contributed by atoms with Crippen molar-refractivity contribution in [2.75, 3.05) is 26.2 Å². The minimum Gasteiger partial charge on any atom is -0.375 e. The Morgan fingerprint density at radius 3 is 2.25 bits per heavy atom. The predicted molar refractivity (Wildman–Crippen MR) is 98.5 cm³/mol. The molecule has 3 fully saturated rings. The molecule has 3 aliphatic rings. The Bertz CT molecular complexity index is 509. The molecule has 0 aromatic heterocycles. The van der Waals surface area contributed by atoms with Crippen molar-refractivity contribution in [3.8, 4) is 0 Å². The largest absolute Gasteiger partial charge is 0.375 e. The number of ether oxygens (including phenoxy) is 1. The zero-order valence-electron chi connectivity index (χ0n) is 15.0. The molecule has 3 heteroatoms. The van der Waals surface area contributed by atoms with Gasteiger partial charge in [0.15, 0.2) is 0 Å². The molecular formula is C21H32N2O. The van der Waals surface area contributed by atoms with Crippen molar-refractivity contribution in [1.29, 1.82) is 0 Å². The van der Waals surface area contributed by atoms with Crippen molar-refractivity contribution in [3.63, 3.8) is 0 Å². The smallest absolute Gasteiger partial charge is 0.0608 e. The second-order valence-electron chi connectivity index (χ2n) is 8.05. The number of nitrogens with zero attached hydrogens (tertiary/aromatic N) is 1. The van der Waals surface area contributed by atoms with Gasteiger partial charge in [0.25, 0.3) is 0 Å². The maximum absolute atomic E-state index is 6.28. The van der Waals surface area contributed by atoms with E-state index < -0.39 is 0 Å². The number of hydrogen-bond donors (Lipinski definition) is 1. The third-order valence-electron chi connectivity index (χ3n) is 6.34. The number of nitrogens with one attached hydrogen (secondary N) is 1. The van der Waals surface area contributed by atoms with E-state index in [1.165, 1.54) is 57.2 Å². The first-order valence-electron chi connectivity index (χ1n) is 9.95. The third-order valence-corrected chi connectivity index (χ3v) is 6.34. The standard InChI is InChI=1S/C21H32N2O/c1-16-2-4-17(5-3-16)18-8-12-23(13-9-18)19-14-21(15-19)24-20-6-10-22-11-7-20/h2-5,18-22H,6-15H2,1H3. The van der Waals surface area contributed by atoms with E-state index in [1.807, 2.05) is 0 Å². The van der Waals surface area contributed by atoms with E-state index in [-0.39, 0.29) is 0 Å². The molecule has 24 heavy (non-hydrogen) atoms. The minimum atomic E-state index is 0.518. The molecule has 2 saturated heterocycles. The molecule has 1 saturated carbocycles.